The third-order valence-corrected chi connectivity index (χ3v) is 16.5. The average Bonchev–Trinajstić information content (AvgIpc) is 3.89. The second-order valence-corrected chi connectivity index (χ2v) is 20.1. The molecule has 0 saturated carbocycles. The van der Waals surface area contributed by atoms with Crippen LogP contribution < -0.4 is 30.2 Å². The van der Waals surface area contributed by atoms with Crippen molar-refractivity contribution in [2.24, 2.45) is 0 Å². The van der Waals surface area contributed by atoms with Crippen LogP contribution in [-0.4, -0.2) is 21.7 Å². The standard InChI is InChI=1S/C66H42BNOSe/c1-6-19-43(20-7-1)48-34-38-59-58(39-48)67-57-37-36-56-55-35-33-49(44-21-8-2-9-22-44)41-61(55)69-65(56)66(57)70-62-42-50(52-30-17-16-29-51(52)45-23-10-3-11-24-45)40-60(63(62)67)68(59)64-53(46-25-12-4-13-26-46)31-18-32-54(64)47-27-14-5-15-28-47/h1-42H/i1D,6D,7D,19D,20D. The van der Waals surface area contributed by atoms with Crippen LogP contribution in [0, 0.1) is 0 Å². The first-order chi connectivity index (χ1) is 36.8. The summed E-state index contributed by atoms with van der Waals surface area (Å²) in [6.07, 6.45) is 0. The molecule has 326 valence electrons. The Labute approximate surface area is 421 Å². The zero-order valence-electron chi connectivity index (χ0n) is 42.7. The van der Waals surface area contributed by atoms with Crippen LogP contribution >= 0.6 is 0 Å². The van der Waals surface area contributed by atoms with Crippen molar-refractivity contribution in [3.8, 4) is 66.8 Å². The number of furan rings is 1. The van der Waals surface area contributed by atoms with Crippen molar-refractivity contribution in [3.05, 3.63) is 255 Å². The molecule has 12 aromatic rings. The number of para-hydroxylation sites is 1. The van der Waals surface area contributed by atoms with Crippen LogP contribution in [0.4, 0.5) is 17.1 Å². The van der Waals surface area contributed by atoms with Gasteiger partial charge in [0.1, 0.15) is 0 Å². The Balaban J connectivity index is 1.11. The molecule has 0 amide bonds. The molecule has 2 nitrogen and oxygen atoms in total. The molecule has 3 heterocycles. The maximum absolute atomic E-state index is 9.21. The van der Waals surface area contributed by atoms with Gasteiger partial charge in [0.05, 0.1) is 0 Å². The molecular formula is C66H42BNOSe. The molecule has 0 radical (unpaired) electrons. The van der Waals surface area contributed by atoms with Crippen molar-refractivity contribution in [2.75, 3.05) is 4.90 Å². The summed E-state index contributed by atoms with van der Waals surface area (Å²) in [7, 11) is 0. The van der Waals surface area contributed by atoms with Crippen LogP contribution in [0.15, 0.2) is 259 Å². The quantitative estimate of drug-likeness (QED) is 0.148. The van der Waals surface area contributed by atoms with Crippen molar-refractivity contribution in [1.82, 2.24) is 0 Å². The summed E-state index contributed by atoms with van der Waals surface area (Å²) in [6, 6.07) is 77.8. The summed E-state index contributed by atoms with van der Waals surface area (Å²) in [5.41, 5.74) is 19.7. The molecule has 4 heteroatoms. The van der Waals surface area contributed by atoms with E-state index < -0.39 is 6.04 Å². The molecule has 1 aromatic heterocycles. The van der Waals surface area contributed by atoms with E-state index in [0.717, 1.165) is 110 Å². The molecule has 0 saturated heterocycles. The number of nitrogens with zero attached hydrogens (tertiary/aromatic N) is 1. The zero-order chi connectivity index (χ0) is 50.5. The maximum atomic E-state index is 9.21. The molecule has 14 rings (SSSR count). The third-order valence-electron chi connectivity index (χ3n) is 14.0. The number of hydrogen-bond acceptors (Lipinski definition) is 2. The normalized spacial score (nSPS) is 13.5. The van der Waals surface area contributed by atoms with E-state index in [2.05, 4.69) is 217 Å². The van der Waals surface area contributed by atoms with Gasteiger partial charge in [-0.2, -0.15) is 0 Å². The van der Waals surface area contributed by atoms with Crippen LogP contribution in [-0.2, 0) is 0 Å². The summed E-state index contributed by atoms with van der Waals surface area (Å²) in [4.78, 5) is 2.46. The minimum atomic E-state index is -0.416. The molecular weight excluding hydrogens is 913 g/mol. The van der Waals surface area contributed by atoms with Gasteiger partial charge in [0.25, 0.3) is 0 Å². The van der Waals surface area contributed by atoms with Gasteiger partial charge in [-0.25, -0.2) is 0 Å². The van der Waals surface area contributed by atoms with E-state index in [1.165, 1.54) is 9.92 Å². The van der Waals surface area contributed by atoms with Crippen molar-refractivity contribution in [2.45, 2.75) is 0 Å². The second-order valence-electron chi connectivity index (χ2n) is 17.9. The predicted molar refractivity (Wildman–Crippen MR) is 297 cm³/mol. The van der Waals surface area contributed by atoms with E-state index in [9.17, 15) is 2.74 Å². The van der Waals surface area contributed by atoms with Gasteiger partial charge in [0, 0.05) is 0 Å². The SMILES string of the molecule is [2H]c1c([2H])c([2H])c(-c2ccc3c(c2)B2c4ccc5c(oc6cc(-c7ccccc7)ccc65)c4[Se]c4cc(-c5ccccc5-c5ccccc5)cc(c42)N3c2c(-c3ccccc3)cccc2-c2ccccc2)c([2H])c1[2H]. The number of benzene rings is 11. The number of rotatable bonds is 7. The molecule has 0 N–H and O–H groups in total. The fourth-order valence-electron chi connectivity index (χ4n) is 10.9. The summed E-state index contributed by atoms with van der Waals surface area (Å²) in [6.45, 7) is -0.323. The predicted octanol–water partition coefficient (Wildman–Crippen LogP) is 13.9. The topological polar surface area (TPSA) is 16.4 Å². The van der Waals surface area contributed by atoms with E-state index >= 15 is 0 Å². The molecule has 0 spiro atoms. The van der Waals surface area contributed by atoms with Crippen LogP contribution in [0.5, 0.6) is 0 Å². The minimum absolute atomic E-state index is 0.172. The van der Waals surface area contributed by atoms with Crippen LogP contribution in [0.25, 0.3) is 88.7 Å². The Kier molecular flexibility index (Phi) is 8.51. The van der Waals surface area contributed by atoms with E-state index in [1.807, 2.05) is 12.1 Å². The first kappa shape index (κ1) is 35.7. The van der Waals surface area contributed by atoms with E-state index in [1.54, 1.807) is 0 Å². The van der Waals surface area contributed by atoms with Crippen molar-refractivity contribution < 1.29 is 11.3 Å². The fourth-order valence-corrected chi connectivity index (χ4v) is 13.6. The number of hydrogen-bond donors (Lipinski definition) is 0. The van der Waals surface area contributed by atoms with Gasteiger partial charge in [0.15, 0.2) is 0 Å². The average molecular weight is 960 g/mol. The van der Waals surface area contributed by atoms with Gasteiger partial charge in [0.2, 0.25) is 0 Å². The van der Waals surface area contributed by atoms with Gasteiger partial charge < -0.3 is 0 Å². The summed E-state index contributed by atoms with van der Waals surface area (Å²) < 4.78 is 54.0. The monoisotopic (exact) mass is 960 g/mol. The van der Waals surface area contributed by atoms with Crippen LogP contribution in [0.1, 0.15) is 6.85 Å². The molecule has 0 aliphatic carbocycles. The Hall–Kier alpha value is -8.40. The molecule has 2 aliphatic rings. The van der Waals surface area contributed by atoms with E-state index in [4.69, 9.17) is 8.53 Å². The zero-order valence-corrected chi connectivity index (χ0v) is 39.4. The summed E-state index contributed by atoms with van der Waals surface area (Å²) in [5, 5.41) is 2.12. The second kappa shape index (κ2) is 16.7. The summed E-state index contributed by atoms with van der Waals surface area (Å²) in [5.74, 6) is 0. The molecule has 0 fully saturated rings. The van der Waals surface area contributed by atoms with Crippen molar-refractivity contribution in [1.29, 1.82) is 0 Å². The van der Waals surface area contributed by atoms with Crippen LogP contribution in [0.3, 0.4) is 0 Å². The molecule has 0 unspecified atom stereocenters. The van der Waals surface area contributed by atoms with Crippen molar-refractivity contribution >= 4 is 86.0 Å². The third kappa shape index (κ3) is 6.64. The van der Waals surface area contributed by atoms with Gasteiger partial charge >= 0.3 is 424 Å². The molecule has 2 aliphatic heterocycles. The fraction of sp³-hybridized carbons (Fsp3) is 0. The van der Waals surface area contributed by atoms with Gasteiger partial charge in [-0.15, -0.1) is 0 Å². The summed E-state index contributed by atoms with van der Waals surface area (Å²) >= 11 is -0.266. The van der Waals surface area contributed by atoms with Gasteiger partial charge in [-0.3, -0.25) is 0 Å². The van der Waals surface area contributed by atoms with E-state index in [-0.39, 0.29) is 51.4 Å². The molecule has 70 heavy (non-hydrogen) atoms. The molecule has 0 atom stereocenters. The number of anilines is 3. The van der Waals surface area contributed by atoms with E-state index in [0.29, 0.717) is 5.56 Å². The first-order valence-electron chi connectivity index (χ1n) is 26.1. The Morgan fingerprint density at radius 2 is 0.957 bits per heavy atom. The van der Waals surface area contributed by atoms with Crippen LogP contribution in [0.2, 0.25) is 0 Å². The van der Waals surface area contributed by atoms with Gasteiger partial charge in [-0.05, 0) is 0 Å². The Morgan fingerprint density at radius 1 is 0.400 bits per heavy atom. The Morgan fingerprint density at radius 3 is 1.63 bits per heavy atom. The molecule has 0 bridgehead atoms. The number of fused-ring (bicyclic) bond motifs is 8. The van der Waals surface area contributed by atoms with Gasteiger partial charge in [-0.1, -0.05) is 0 Å². The Bertz CT molecular complexity index is 4200. The molecule has 11 aromatic carbocycles. The first-order valence-corrected chi connectivity index (χ1v) is 25.3. The van der Waals surface area contributed by atoms with Crippen molar-refractivity contribution in [3.63, 3.8) is 0 Å².